The van der Waals surface area contributed by atoms with Crippen LogP contribution < -0.4 is 24.9 Å². The second kappa shape index (κ2) is 12.9. The fourth-order valence-corrected chi connectivity index (χ4v) is 10.6. The smallest absolute Gasteiger partial charge is 0.329 e. The molecule has 8 rings (SSSR count). The number of hydrogen-bond donors (Lipinski definition) is 4. The Morgan fingerprint density at radius 1 is 1.00 bits per heavy atom. The minimum atomic E-state index is -4.37. The molecule has 16 nitrogen and oxygen atoms in total. The fraction of sp³-hybridized carbons (Fsp3) is 0.417. The number of aliphatic hydroxyl groups is 1. The first-order chi connectivity index (χ1) is 26.0. The fourth-order valence-electron chi connectivity index (χ4n) is 8.53. The molecule has 290 valence electrons. The molecular formula is C36H40FN7O9SSi. The highest BCUT2D eigenvalue weighted by Crippen LogP contribution is 2.41. The molecule has 4 aromatic rings. The van der Waals surface area contributed by atoms with Crippen molar-refractivity contribution in [2.24, 2.45) is 7.05 Å². The van der Waals surface area contributed by atoms with Crippen LogP contribution in [0.1, 0.15) is 50.1 Å². The van der Waals surface area contributed by atoms with Crippen LogP contribution in [-0.2, 0) is 41.5 Å². The summed E-state index contributed by atoms with van der Waals surface area (Å²) >= 11 is 0. The zero-order chi connectivity index (χ0) is 39.2. The molecule has 4 N–H and O–H groups in total. The second-order valence-corrected chi connectivity index (χ2v) is 18.9. The molecule has 0 bridgehead atoms. The van der Waals surface area contributed by atoms with E-state index in [2.05, 4.69) is 10.2 Å². The maximum absolute atomic E-state index is 16.0. The molecule has 4 aliphatic rings. The van der Waals surface area contributed by atoms with Gasteiger partial charge in [0.05, 0.1) is 23.1 Å². The van der Waals surface area contributed by atoms with Crippen molar-refractivity contribution in [1.82, 2.24) is 24.1 Å². The topological polar surface area (TPSA) is 204 Å². The van der Waals surface area contributed by atoms with Gasteiger partial charge in [0.15, 0.2) is 5.82 Å². The summed E-state index contributed by atoms with van der Waals surface area (Å²) < 4.78 is 46.1. The number of aromatic hydroxyl groups is 1. The van der Waals surface area contributed by atoms with Crippen molar-refractivity contribution in [2.75, 3.05) is 41.9 Å². The summed E-state index contributed by atoms with van der Waals surface area (Å²) in [6, 6.07) is 11.1. The zero-order valence-electron chi connectivity index (χ0n) is 30.2. The average molecular weight is 794 g/mol. The Labute approximate surface area is 317 Å². The molecule has 0 aliphatic carbocycles. The summed E-state index contributed by atoms with van der Waals surface area (Å²) in [5, 5.41) is 24.4. The van der Waals surface area contributed by atoms with Gasteiger partial charge in [-0.05, 0) is 72.0 Å². The van der Waals surface area contributed by atoms with Gasteiger partial charge in [0.2, 0.25) is 17.7 Å². The van der Waals surface area contributed by atoms with Gasteiger partial charge in [0, 0.05) is 61.0 Å². The van der Waals surface area contributed by atoms with Crippen molar-refractivity contribution in [3.8, 4) is 5.75 Å². The monoisotopic (exact) mass is 793 g/mol. The second-order valence-electron chi connectivity index (χ2n) is 15.4. The number of likely N-dealkylation sites (tertiary alicyclic amines) is 1. The highest BCUT2D eigenvalue weighted by atomic mass is 32.2. The number of benzene rings is 3. The van der Waals surface area contributed by atoms with Crippen molar-refractivity contribution in [3.63, 3.8) is 0 Å². The lowest BCUT2D eigenvalue weighted by atomic mass is 9.87. The van der Waals surface area contributed by atoms with Crippen molar-refractivity contribution in [1.29, 1.82) is 0 Å². The van der Waals surface area contributed by atoms with E-state index in [4.69, 9.17) is 0 Å². The summed E-state index contributed by atoms with van der Waals surface area (Å²) in [5.74, 6) is -3.48. The van der Waals surface area contributed by atoms with Crippen molar-refractivity contribution >= 4 is 77.3 Å². The normalized spacial score (nSPS) is 23.9. The van der Waals surface area contributed by atoms with Gasteiger partial charge >= 0.3 is 15.9 Å². The van der Waals surface area contributed by atoms with Gasteiger partial charge < -0.3 is 20.0 Å². The number of anilines is 2. The number of carbonyl (C=O) groups excluding carboxylic acids is 4. The third kappa shape index (κ3) is 6.23. The Kier molecular flexibility index (Phi) is 8.61. The summed E-state index contributed by atoms with van der Waals surface area (Å²) in [5.41, 5.74) is 0.613. The minimum absolute atomic E-state index is 0.0626. The SMILES string of the molecule is Cn1c(=O)n(C2CCC(=O)NC2=O)c2ccc(N3CCC(O)(CC(=O)N4CC[C@@]([SiH3])(c5ccc6cc(O)c(N7CC(=O)NS7(=O)=O)c(F)c6c5)C4)CC3)cc21. The van der Waals surface area contributed by atoms with Crippen LogP contribution in [0.3, 0.4) is 0 Å². The third-order valence-electron chi connectivity index (χ3n) is 11.8. The van der Waals surface area contributed by atoms with Crippen LogP contribution in [0, 0.1) is 5.82 Å². The van der Waals surface area contributed by atoms with Crippen LogP contribution >= 0.6 is 0 Å². The Morgan fingerprint density at radius 3 is 2.44 bits per heavy atom. The number of carbonyl (C=O) groups is 4. The number of halogens is 1. The molecule has 4 saturated heterocycles. The maximum Gasteiger partial charge on any atom is 0.329 e. The van der Waals surface area contributed by atoms with E-state index >= 15 is 4.39 Å². The molecule has 2 atom stereocenters. The summed E-state index contributed by atoms with van der Waals surface area (Å²) in [6.45, 7) is 1.08. The lowest BCUT2D eigenvalue weighted by Crippen LogP contribution is -2.47. The van der Waals surface area contributed by atoms with Gasteiger partial charge in [-0.15, -0.1) is 0 Å². The number of aromatic nitrogens is 2. The third-order valence-corrected chi connectivity index (χ3v) is 14.5. The maximum atomic E-state index is 16.0. The Morgan fingerprint density at radius 2 is 1.75 bits per heavy atom. The van der Waals surface area contributed by atoms with E-state index < -0.39 is 62.5 Å². The molecular weight excluding hydrogens is 754 g/mol. The largest absolute Gasteiger partial charge is 0.506 e. The zero-order valence-corrected chi connectivity index (χ0v) is 33.0. The van der Waals surface area contributed by atoms with E-state index in [1.54, 1.807) is 34.9 Å². The molecule has 3 aromatic carbocycles. The quantitative estimate of drug-likeness (QED) is 0.149. The van der Waals surface area contributed by atoms with Crippen molar-refractivity contribution in [2.45, 2.75) is 55.2 Å². The number of fused-ring (bicyclic) bond motifs is 2. The van der Waals surface area contributed by atoms with E-state index in [0.717, 1.165) is 11.3 Å². The van der Waals surface area contributed by atoms with Gasteiger partial charge in [-0.3, -0.25) is 33.6 Å². The predicted octanol–water partition coefficient (Wildman–Crippen LogP) is -0.289. The molecule has 1 unspecified atom stereocenters. The van der Waals surface area contributed by atoms with E-state index in [1.807, 2.05) is 18.2 Å². The first-order valence-electron chi connectivity index (χ1n) is 18.1. The van der Waals surface area contributed by atoms with Crippen LogP contribution in [0.15, 0.2) is 47.3 Å². The number of rotatable bonds is 6. The Hall–Kier alpha value is -5.27. The molecule has 19 heteroatoms. The Balaban J connectivity index is 0.939. The lowest BCUT2D eigenvalue weighted by molar-refractivity contribution is -0.137. The van der Waals surface area contributed by atoms with E-state index in [1.165, 1.54) is 15.2 Å². The van der Waals surface area contributed by atoms with Gasteiger partial charge in [-0.2, -0.15) is 8.42 Å². The number of phenols is 1. The highest BCUT2D eigenvalue weighted by molar-refractivity contribution is 7.92. The number of hydrogen-bond acceptors (Lipinski definition) is 10. The van der Waals surface area contributed by atoms with Gasteiger partial charge in [0.25, 0.3) is 5.91 Å². The van der Waals surface area contributed by atoms with Gasteiger partial charge in [-0.1, -0.05) is 12.1 Å². The summed E-state index contributed by atoms with van der Waals surface area (Å²) in [6.07, 6.45) is 1.60. The highest BCUT2D eigenvalue weighted by Gasteiger charge is 2.42. The van der Waals surface area contributed by atoms with Crippen LogP contribution in [0.4, 0.5) is 15.8 Å². The number of nitrogens with one attached hydrogen (secondary N) is 2. The minimum Gasteiger partial charge on any atom is -0.506 e. The number of nitrogens with zero attached hydrogens (tertiary/aromatic N) is 5. The molecule has 1 aromatic heterocycles. The van der Waals surface area contributed by atoms with E-state index in [9.17, 15) is 42.6 Å². The molecule has 5 heterocycles. The van der Waals surface area contributed by atoms with Crippen LogP contribution in [0.5, 0.6) is 5.75 Å². The molecule has 0 spiro atoms. The standard InChI is InChI=1S/C36H40FN7O9SSi/c1-40-26-16-22(4-5-24(26)44(34(40)50)25-6-7-28(46)38-33(25)49)41-11-8-35(51,9-12-41)17-30(48)42-13-10-36(55,19-42)21-3-2-20-14-27(45)32(31(37)23(20)15-21)43-18-29(47)39-54(43,52)53/h2-5,14-16,25,45,51H,6-13,17-19H2,1,55H3,(H,39,47)(H,38,46,49)/t25?,36-/m0/s1. The number of piperidine rings is 2. The number of aryl methyl sites for hydroxylation is 1. The number of imide groups is 1. The molecule has 0 radical (unpaired) electrons. The van der Waals surface area contributed by atoms with Crippen molar-refractivity contribution in [3.05, 3.63) is 64.3 Å². The lowest BCUT2D eigenvalue weighted by Gasteiger charge is -2.39. The van der Waals surface area contributed by atoms with Crippen molar-refractivity contribution < 1.29 is 42.2 Å². The van der Waals surface area contributed by atoms with Gasteiger partial charge in [0.1, 0.15) is 24.0 Å². The molecule has 4 aliphatic heterocycles. The predicted molar refractivity (Wildman–Crippen MR) is 202 cm³/mol. The van der Waals surface area contributed by atoms with Crippen LogP contribution in [-0.4, -0.2) is 105 Å². The first-order valence-corrected chi connectivity index (χ1v) is 20.5. The first kappa shape index (κ1) is 36.7. The van der Waals surface area contributed by atoms with E-state index in [0.29, 0.717) is 76.4 Å². The van der Waals surface area contributed by atoms with Gasteiger partial charge in [-0.25, -0.2) is 18.2 Å². The molecule has 0 saturated carbocycles. The van der Waals surface area contributed by atoms with E-state index in [-0.39, 0.29) is 42.2 Å². The van der Waals surface area contributed by atoms with Crippen LogP contribution in [0.2, 0.25) is 0 Å². The summed E-state index contributed by atoms with van der Waals surface area (Å²) in [7, 11) is -2.13. The molecule has 4 fully saturated rings. The number of amides is 4. The Bertz CT molecular complexity index is 2520. The number of imidazole rings is 1. The molecule has 4 amide bonds. The molecule has 55 heavy (non-hydrogen) atoms. The average Bonchev–Trinajstić information content (AvgIpc) is 3.74. The van der Waals surface area contributed by atoms with Crippen LogP contribution in [0.25, 0.3) is 21.8 Å². The summed E-state index contributed by atoms with van der Waals surface area (Å²) in [4.78, 5) is 66.8. The number of phenolic OH excluding ortho intramolecular Hbond substituents is 1.